The average Bonchev–Trinajstić information content (AvgIpc) is 3.17. The Hall–Kier alpha value is -1.29. The molecule has 1 saturated carbocycles. The van der Waals surface area contributed by atoms with Crippen LogP contribution in [0.15, 0.2) is 0 Å². The molecule has 3 atom stereocenters. The Morgan fingerprint density at radius 2 is 1.70 bits per heavy atom. The second-order valence-corrected chi connectivity index (χ2v) is 5.96. The van der Waals surface area contributed by atoms with Gasteiger partial charge in [0.2, 0.25) is 0 Å². The zero-order valence-corrected chi connectivity index (χ0v) is 13.7. The molecular formula is C17H28N2O4. The van der Waals surface area contributed by atoms with Gasteiger partial charge in [0, 0.05) is 25.9 Å². The van der Waals surface area contributed by atoms with E-state index in [4.69, 9.17) is 19.9 Å². The van der Waals surface area contributed by atoms with Gasteiger partial charge in [0.15, 0.2) is 0 Å². The molecule has 6 heteroatoms. The zero-order valence-electron chi connectivity index (χ0n) is 13.7. The summed E-state index contributed by atoms with van der Waals surface area (Å²) in [6.07, 6.45) is 3.90. The van der Waals surface area contributed by atoms with Gasteiger partial charge >= 0.3 is 6.09 Å². The first-order valence-electron chi connectivity index (χ1n) is 8.55. The molecule has 1 fully saturated rings. The molecule has 2 aliphatic carbocycles. The highest BCUT2D eigenvalue weighted by atomic mass is 16.6. The molecule has 3 N–H and O–H groups in total. The lowest BCUT2D eigenvalue weighted by molar-refractivity contribution is 0.0511. The highest BCUT2D eigenvalue weighted by molar-refractivity contribution is 5.67. The van der Waals surface area contributed by atoms with Gasteiger partial charge in [-0.1, -0.05) is 0 Å². The van der Waals surface area contributed by atoms with Crippen LogP contribution in [-0.2, 0) is 14.2 Å². The molecule has 1 amide bonds. The first kappa shape index (κ1) is 18.1. The summed E-state index contributed by atoms with van der Waals surface area (Å²) >= 11 is 0. The number of fused-ring (bicyclic) bond motifs is 1. The summed E-state index contributed by atoms with van der Waals surface area (Å²) in [7, 11) is 0. The van der Waals surface area contributed by atoms with E-state index in [9.17, 15) is 4.79 Å². The van der Waals surface area contributed by atoms with Crippen molar-refractivity contribution in [1.82, 2.24) is 5.32 Å². The van der Waals surface area contributed by atoms with Gasteiger partial charge in [0.05, 0.1) is 33.0 Å². The average molecular weight is 324 g/mol. The van der Waals surface area contributed by atoms with Crippen LogP contribution in [0.3, 0.4) is 0 Å². The minimum Gasteiger partial charge on any atom is -0.449 e. The normalized spacial score (nSPS) is 25.3. The van der Waals surface area contributed by atoms with Gasteiger partial charge in [-0.3, -0.25) is 0 Å². The van der Waals surface area contributed by atoms with E-state index in [1.807, 2.05) is 0 Å². The number of carbonyl (C=O) groups is 1. The molecule has 2 unspecified atom stereocenters. The van der Waals surface area contributed by atoms with Crippen LogP contribution in [0.4, 0.5) is 4.79 Å². The molecule has 130 valence electrons. The molecule has 0 aromatic rings. The molecule has 2 rings (SSSR count). The minimum absolute atomic E-state index is 0.358. The van der Waals surface area contributed by atoms with Crippen LogP contribution in [0.5, 0.6) is 0 Å². The van der Waals surface area contributed by atoms with E-state index in [1.165, 1.54) is 0 Å². The van der Waals surface area contributed by atoms with E-state index in [2.05, 4.69) is 17.2 Å². The van der Waals surface area contributed by atoms with Gasteiger partial charge in [-0.25, -0.2) is 4.79 Å². The van der Waals surface area contributed by atoms with Gasteiger partial charge in [-0.2, -0.15) is 0 Å². The summed E-state index contributed by atoms with van der Waals surface area (Å²) in [5, 5.41) is 2.70. The Balaban J connectivity index is 1.44. The molecule has 0 aromatic heterocycles. The molecular weight excluding hydrogens is 296 g/mol. The highest BCUT2D eigenvalue weighted by Gasteiger charge is 2.49. The van der Waals surface area contributed by atoms with E-state index in [1.54, 1.807) is 0 Å². The molecule has 2 aliphatic rings. The van der Waals surface area contributed by atoms with Gasteiger partial charge in [0.25, 0.3) is 0 Å². The van der Waals surface area contributed by atoms with Crippen LogP contribution in [0.1, 0.15) is 25.7 Å². The number of hydrogen-bond donors (Lipinski definition) is 2. The van der Waals surface area contributed by atoms with Crippen molar-refractivity contribution in [1.29, 1.82) is 0 Å². The summed E-state index contributed by atoms with van der Waals surface area (Å²) in [4.78, 5) is 11.6. The number of nitrogens with one attached hydrogen (secondary N) is 1. The van der Waals surface area contributed by atoms with Gasteiger partial charge in [-0.05, 0) is 30.6 Å². The largest absolute Gasteiger partial charge is 0.449 e. The Morgan fingerprint density at radius 3 is 2.35 bits per heavy atom. The Bertz CT molecular complexity index is 401. The van der Waals surface area contributed by atoms with Crippen LogP contribution < -0.4 is 11.1 Å². The summed E-state index contributed by atoms with van der Waals surface area (Å²) in [6.45, 7) is 3.51. The van der Waals surface area contributed by atoms with Crippen LogP contribution >= 0.6 is 0 Å². The fraction of sp³-hybridized carbons (Fsp3) is 0.824. The lowest BCUT2D eigenvalue weighted by atomic mass is 10.1. The second-order valence-electron chi connectivity index (χ2n) is 5.96. The van der Waals surface area contributed by atoms with Crippen molar-refractivity contribution in [2.45, 2.75) is 25.7 Å². The quantitative estimate of drug-likeness (QED) is 0.465. The molecule has 0 heterocycles. The predicted molar refractivity (Wildman–Crippen MR) is 86.8 cm³/mol. The maximum Gasteiger partial charge on any atom is 0.407 e. The number of rotatable bonds is 10. The third-order valence-corrected chi connectivity index (χ3v) is 4.40. The number of alkyl carbamates (subject to hydrolysis) is 1. The lowest BCUT2D eigenvalue weighted by Crippen LogP contribution is -2.29. The van der Waals surface area contributed by atoms with E-state index >= 15 is 0 Å². The van der Waals surface area contributed by atoms with Crippen molar-refractivity contribution in [3.8, 4) is 11.8 Å². The molecule has 0 spiro atoms. The monoisotopic (exact) mass is 324 g/mol. The van der Waals surface area contributed by atoms with Gasteiger partial charge < -0.3 is 25.3 Å². The minimum atomic E-state index is -0.358. The molecule has 0 aromatic carbocycles. The Labute approximate surface area is 138 Å². The third kappa shape index (κ3) is 6.78. The number of amides is 1. The molecule has 6 nitrogen and oxygen atoms in total. The smallest absolute Gasteiger partial charge is 0.407 e. The van der Waals surface area contributed by atoms with Crippen molar-refractivity contribution in [3.63, 3.8) is 0 Å². The molecule has 0 radical (unpaired) electrons. The maximum absolute atomic E-state index is 11.6. The van der Waals surface area contributed by atoms with Crippen molar-refractivity contribution >= 4 is 6.09 Å². The topological polar surface area (TPSA) is 82.8 Å². The van der Waals surface area contributed by atoms with Crippen LogP contribution in [-0.4, -0.2) is 52.2 Å². The molecule has 0 bridgehead atoms. The Morgan fingerprint density at radius 1 is 1.04 bits per heavy atom. The fourth-order valence-electron chi connectivity index (χ4n) is 3.14. The zero-order chi connectivity index (χ0) is 16.3. The molecule has 23 heavy (non-hydrogen) atoms. The van der Waals surface area contributed by atoms with Gasteiger partial charge in [0.1, 0.15) is 0 Å². The number of hydrogen-bond acceptors (Lipinski definition) is 5. The SMILES string of the molecule is NCCOCCOCCNC(=O)OCC1C2CCC#CCC[C@@H]21. The number of ether oxygens (including phenoxy) is 3. The summed E-state index contributed by atoms with van der Waals surface area (Å²) in [5.74, 6) is 8.31. The lowest BCUT2D eigenvalue weighted by Gasteiger charge is -2.08. The molecule has 0 saturated heterocycles. The van der Waals surface area contributed by atoms with E-state index in [0.29, 0.717) is 63.9 Å². The summed E-state index contributed by atoms with van der Waals surface area (Å²) < 4.78 is 15.8. The predicted octanol–water partition coefficient (Wildman–Crippen LogP) is 1.14. The van der Waals surface area contributed by atoms with Crippen LogP contribution in [0.25, 0.3) is 0 Å². The van der Waals surface area contributed by atoms with Crippen molar-refractivity contribution in [2.24, 2.45) is 23.5 Å². The standard InChI is InChI=1S/C17H28N2O4/c18-7-9-21-11-12-22-10-8-19-17(20)23-13-16-14-5-3-1-2-4-6-15(14)16/h14-16H,3-13,18H2,(H,19,20)/t14-,15?,16?/m0/s1. The maximum atomic E-state index is 11.6. The molecule has 0 aliphatic heterocycles. The first-order valence-corrected chi connectivity index (χ1v) is 8.55. The van der Waals surface area contributed by atoms with Crippen molar-refractivity contribution in [2.75, 3.05) is 46.1 Å². The Kier molecular flexibility index (Phi) is 8.23. The van der Waals surface area contributed by atoms with E-state index in [-0.39, 0.29) is 6.09 Å². The number of carbonyl (C=O) groups excluding carboxylic acids is 1. The van der Waals surface area contributed by atoms with Gasteiger partial charge in [-0.15, -0.1) is 11.8 Å². The summed E-state index contributed by atoms with van der Waals surface area (Å²) in [6, 6.07) is 0. The van der Waals surface area contributed by atoms with E-state index in [0.717, 1.165) is 25.7 Å². The summed E-state index contributed by atoms with van der Waals surface area (Å²) in [5.41, 5.74) is 5.30. The first-order chi connectivity index (χ1) is 11.3. The fourth-order valence-corrected chi connectivity index (χ4v) is 3.14. The van der Waals surface area contributed by atoms with E-state index < -0.39 is 0 Å². The van der Waals surface area contributed by atoms with Crippen molar-refractivity contribution < 1.29 is 19.0 Å². The third-order valence-electron chi connectivity index (χ3n) is 4.40. The second kappa shape index (κ2) is 10.5. The van der Waals surface area contributed by atoms with Crippen molar-refractivity contribution in [3.05, 3.63) is 0 Å². The van der Waals surface area contributed by atoms with Crippen LogP contribution in [0.2, 0.25) is 0 Å². The highest BCUT2D eigenvalue weighted by Crippen LogP contribution is 2.52. The number of nitrogens with two attached hydrogens (primary N) is 1. The van der Waals surface area contributed by atoms with Crippen LogP contribution in [0, 0.1) is 29.6 Å².